The van der Waals surface area contributed by atoms with Gasteiger partial charge in [0.2, 0.25) is 0 Å². The number of nitrogens with zero attached hydrogens (tertiary/aromatic N) is 5. The molecule has 0 saturated carbocycles. The van der Waals surface area contributed by atoms with E-state index in [-0.39, 0.29) is 0 Å². The summed E-state index contributed by atoms with van der Waals surface area (Å²) in [6.45, 7) is 13.1. The zero-order valence-electron chi connectivity index (χ0n) is 33.9. The van der Waals surface area contributed by atoms with E-state index in [1.165, 1.54) is 55.6 Å². The maximum Gasteiger partial charge on any atom is 0.146 e. The molecular weight excluding hydrogens is 723 g/mol. The average molecular weight is 764 g/mol. The molecule has 0 aliphatic rings. The Morgan fingerprint density at radius 2 is 0.864 bits per heavy atom. The van der Waals surface area contributed by atoms with E-state index in [0.29, 0.717) is 0 Å². The lowest BCUT2D eigenvalue weighted by molar-refractivity contribution is 0.484. The van der Waals surface area contributed by atoms with Crippen molar-refractivity contribution in [2.24, 2.45) is 0 Å². The molecule has 284 valence electrons. The fourth-order valence-electron chi connectivity index (χ4n) is 9.64. The Labute approximate surface area is 342 Å². The van der Waals surface area contributed by atoms with E-state index in [0.717, 1.165) is 77.7 Å². The summed E-state index contributed by atoms with van der Waals surface area (Å²) in [6, 6.07) is 43.1. The van der Waals surface area contributed by atoms with Gasteiger partial charge in [0, 0.05) is 38.9 Å². The first kappa shape index (κ1) is 34.9. The van der Waals surface area contributed by atoms with Gasteiger partial charge in [-0.2, -0.15) is 0 Å². The zero-order chi connectivity index (χ0) is 40.1. The lowest BCUT2D eigenvalue weighted by Crippen LogP contribution is -1.98. The van der Waals surface area contributed by atoms with Crippen molar-refractivity contribution in [2.45, 2.75) is 41.5 Å². The van der Waals surface area contributed by atoms with E-state index in [4.69, 9.17) is 19.7 Å². The molecule has 0 radical (unpaired) electrons. The van der Waals surface area contributed by atoms with Crippen molar-refractivity contribution in [3.05, 3.63) is 173 Å². The lowest BCUT2D eigenvalue weighted by Gasteiger charge is -2.17. The SMILES string of the molecule is Cc1cccc(C)c1-c1ccc2c3ccc(Oc4ccc5c6cccnc6n6c(-c7c(C)cccc7C)cnc6c5c4)cc3c3ncc(-c4c(C)cccc4C)n3c2c1. The second-order valence-corrected chi connectivity index (χ2v) is 16.0. The quantitative estimate of drug-likeness (QED) is 0.164. The predicted octanol–water partition coefficient (Wildman–Crippen LogP) is 13.6. The minimum Gasteiger partial charge on any atom is -0.457 e. The Balaban J connectivity index is 1.10. The summed E-state index contributed by atoms with van der Waals surface area (Å²) in [4.78, 5) is 15.1. The van der Waals surface area contributed by atoms with Gasteiger partial charge in [0.1, 0.15) is 28.4 Å². The van der Waals surface area contributed by atoms with E-state index in [2.05, 4.69) is 160 Å². The lowest BCUT2D eigenvalue weighted by atomic mass is 9.94. The summed E-state index contributed by atoms with van der Waals surface area (Å²) in [5.74, 6) is 1.47. The third-order valence-electron chi connectivity index (χ3n) is 12.3. The number of hydrogen-bond donors (Lipinski definition) is 0. The number of imidazole rings is 2. The first-order valence-electron chi connectivity index (χ1n) is 20.2. The molecule has 0 aliphatic carbocycles. The Morgan fingerprint density at radius 3 is 1.44 bits per heavy atom. The monoisotopic (exact) mass is 763 g/mol. The number of hydrogen-bond acceptors (Lipinski definition) is 4. The van der Waals surface area contributed by atoms with Crippen molar-refractivity contribution in [1.29, 1.82) is 0 Å². The molecule has 6 heteroatoms. The molecule has 59 heavy (non-hydrogen) atoms. The zero-order valence-corrected chi connectivity index (χ0v) is 33.9. The summed E-state index contributed by atoms with van der Waals surface area (Å²) in [7, 11) is 0. The number of pyridine rings is 3. The van der Waals surface area contributed by atoms with E-state index < -0.39 is 0 Å². The minimum absolute atomic E-state index is 0.730. The first-order chi connectivity index (χ1) is 28.7. The van der Waals surface area contributed by atoms with Gasteiger partial charge >= 0.3 is 0 Å². The Hall–Kier alpha value is -7.31. The number of aryl methyl sites for hydroxylation is 6. The Bertz CT molecular complexity index is 3490. The first-order valence-corrected chi connectivity index (χ1v) is 20.2. The summed E-state index contributed by atoms with van der Waals surface area (Å²) in [6.07, 6.45) is 5.87. The maximum atomic E-state index is 6.79. The molecular formula is C53H41N5O. The van der Waals surface area contributed by atoms with Gasteiger partial charge < -0.3 is 4.74 Å². The third kappa shape index (κ3) is 5.29. The second-order valence-electron chi connectivity index (χ2n) is 16.0. The van der Waals surface area contributed by atoms with Gasteiger partial charge in [0.15, 0.2) is 0 Å². The number of fused-ring (bicyclic) bond motifs is 12. The topological polar surface area (TPSA) is 56.7 Å². The molecule has 0 bridgehead atoms. The van der Waals surface area contributed by atoms with Gasteiger partial charge in [-0.15, -0.1) is 0 Å². The van der Waals surface area contributed by atoms with Crippen molar-refractivity contribution in [1.82, 2.24) is 23.8 Å². The number of ether oxygens (including phenoxy) is 1. The molecule has 0 saturated heterocycles. The highest BCUT2D eigenvalue weighted by molar-refractivity contribution is 6.14. The molecule has 0 atom stereocenters. The van der Waals surface area contributed by atoms with Gasteiger partial charge in [-0.1, -0.05) is 66.7 Å². The largest absolute Gasteiger partial charge is 0.457 e. The van der Waals surface area contributed by atoms with Crippen molar-refractivity contribution >= 4 is 54.8 Å². The predicted molar refractivity (Wildman–Crippen MR) is 243 cm³/mol. The smallest absolute Gasteiger partial charge is 0.146 e. The minimum atomic E-state index is 0.730. The highest BCUT2D eigenvalue weighted by Crippen LogP contribution is 2.41. The maximum absolute atomic E-state index is 6.79. The number of rotatable bonds is 5. The van der Waals surface area contributed by atoms with Gasteiger partial charge in [0.05, 0.1) is 29.3 Å². The highest BCUT2D eigenvalue weighted by Gasteiger charge is 2.21. The third-order valence-corrected chi connectivity index (χ3v) is 12.3. The van der Waals surface area contributed by atoms with E-state index in [9.17, 15) is 0 Å². The molecule has 0 fully saturated rings. The molecule has 11 aromatic rings. The molecule has 6 nitrogen and oxygen atoms in total. The molecule has 0 aliphatic heterocycles. The van der Waals surface area contributed by atoms with Crippen LogP contribution in [0.25, 0.3) is 88.4 Å². The van der Waals surface area contributed by atoms with E-state index in [1.807, 2.05) is 30.7 Å². The molecule has 0 amide bonds. The normalized spacial score (nSPS) is 11.9. The van der Waals surface area contributed by atoms with Crippen LogP contribution in [0.3, 0.4) is 0 Å². The molecule has 11 rings (SSSR count). The van der Waals surface area contributed by atoms with Crippen LogP contribution in [-0.2, 0) is 0 Å². The van der Waals surface area contributed by atoms with Crippen LogP contribution in [0.4, 0.5) is 0 Å². The summed E-state index contributed by atoms with van der Waals surface area (Å²) < 4.78 is 11.3. The Kier molecular flexibility index (Phi) is 7.76. The van der Waals surface area contributed by atoms with Crippen LogP contribution in [-0.4, -0.2) is 23.8 Å². The molecule has 0 unspecified atom stereocenters. The van der Waals surface area contributed by atoms with Crippen molar-refractivity contribution in [3.8, 4) is 45.1 Å². The molecule has 5 heterocycles. The summed E-state index contributed by atoms with van der Waals surface area (Å²) in [5, 5.41) is 6.45. The number of aromatic nitrogens is 5. The van der Waals surface area contributed by atoms with Crippen molar-refractivity contribution in [3.63, 3.8) is 0 Å². The summed E-state index contributed by atoms with van der Waals surface area (Å²) >= 11 is 0. The average Bonchev–Trinajstić information content (AvgIpc) is 3.87. The second kappa shape index (κ2) is 13.1. The van der Waals surface area contributed by atoms with Gasteiger partial charge in [0.25, 0.3) is 0 Å². The van der Waals surface area contributed by atoms with E-state index in [1.54, 1.807) is 0 Å². The van der Waals surface area contributed by atoms with Crippen LogP contribution >= 0.6 is 0 Å². The van der Waals surface area contributed by atoms with Crippen LogP contribution in [0.1, 0.15) is 33.4 Å². The Morgan fingerprint density at radius 1 is 0.390 bits per heavy atom. The summed E-state index contributed by atoms with van der Waals surface area (Å²) in [5.41, 5.74) is 18.1. The van der Waals surface area contributed by atoms with Gasteiger partial charge in [-0.05, 0) is 151 Å². The van der Waals surface area contributed by atoms with Crippen LogP contribution < -0.4 is 4.74 Å². The van der Waals surface area contributed by atoms with Crippen LogP contribution in [0.15, 0.2) is 140 Å². The molecule has 5 aromatic heterocycles. The van der Waals surface area contributed by atoms with Crippen LogP contribution in [0.5, 0.6) is 11.5 Å². The van der Waals surface area contributed by atoms with E-state index >= 15 is 0 Å². The van der Waals surface area contributed by atoms with Crippen molar-refractivity contribution < 1.29 is 4.74 Å². The fraction of sp³-hybridized carbons (Fsp3) is 0.113. The van der Waals surface area contributed by atoms with Crippen LogP contribution in [0, 0.1) is 41.5 Å². The van der Waals surface area contributed by atoms with Gasteiger partial charge in [-0.3, -0.25) is 8.80 Å². The van der Waals surface area contributed by atoms with Crippen LogP contribution in [0.2, 0.25) is 0 Å². The molecule has 0 spiro atoms. The van der Waals surface area contributed by atoms with Gasteiger partial charge in [-0.25, -0.2) is 15.0 Å². The number of benzene rings is 6. The highest BCUT2D eigenvalue weighted by atomic mass is 16.5. The molecule has 0 N–H and O–H groups in total. The van der Waals surface area contributed by atoms with Crippen molar-refractivity contribution in [2.75, 3.05) is 0 Å². The molecule has 6 aromatic carbocycles. The standard InChI is InChI=1S/C53H41N5O/c1-30-11-7-12-31(2)48(30)36-18-21-41-39-22-19-37(26-43(39)52-55-28-46(57(52)45(41)25-36)49-32(3)13-8-14-33(49)4)59-38-20-23-40-42-17-10-24-54-51(42)58-47(29-56-53(58)44(40)27-38)50-34(5)15-9-16-35(50)6/h7-29H,1-6H3. The fourth-order valence-corrected chi connectivity index (χ4v) is 9.64.